The predicted molar refractivity (Wildman–Crippen MR) is 74.6 cm³/mol. The minimum absolute atomic E-state index is 0.297. The number of hydrogen-bond donors (Lipinski definition) is 1. The van der Waals surface area contributed by atoms with E-state index in [0.717, 1.165) is 30.8 Å². The molecule has 1 aromatic carbocycles. The van der Waals surface area contributed by atoms with Crippen molar-refractivity contribution in [2.75, 3.05) is 7.05 Å². The molecule has 18 heavy (non-hydrogen) atoms. The molecule has 0 saturated carbocycles. The first-order valence-electron chi connectivity index (χ1n) is 6.63. The molecule has 2 heteroatoms. The summed E-state index contributed by atoms with van der Waals surface area (Å²) in [5.74, 6) is 2.11. The number of nitrogens with one attached hydrogen (secondary N) is 1. The molecule has 0 bridgehead atoms. The van der Waals surface area contributed by atoms with Crippen LogP contribution in [0, 0.1) is 0 Å². The highest BCUT2D eigenvalue weighted by molar-refractivity contribution is 5.16. The maximum absolute atomic E-state index is 5.81. The molecule has 1 aromatic heterocycles. The van der Waals surface area contributed by atoms with E-state index in [9.17, 15) is 0 Å². The van der Waals surface area contributed by atoms with Gasteiger partial charge in [-0.2, -0.15) is 0 Å². The van der Waals surface area contributed by atoms with Gasteiger partial charge >= 0.3 is 0 Å². The van der Waals surface area contributed by atoms with Crippen LogP contribution in [0.4, 0.5) is 0 Å². The van der Waals surface area contributed by atoms with Crippen molar-refractivity contribution in [3.8, 4) is 0 Å². The first-order valence-corrected chi connectivity index (χ1v) is 6.63. The summed E-state index contributed by atoms with van der Waals surface area (Å²) in [7, 11) is 1.99. The van der Waals surface area contributed by atoms with Crippen molar-refractivity contribution in [1.82, 2.24) is 5.32 Å². The largest absolute Gasteiger partial charge is 0.464 e. The second-order valence-corrected chi connectivity index (χ2v) is 4.52. The van der Waals surface area contributed by atoms with Gasteiger partial charge in [-0.1, -0.05) is 37.3 Å². The zero-order valence-corrected chi connectivity index (χ0v) is 11.1. The molecule has 2 rings (SSSR count). The Morgan fingerprint density at radius 3 is 2.50 bits per heavy atom. The molecule has 1 unspecified atom stereocenters. The molecule has 0 aliphatic heterocycles. The smallest absolute Gasteiger partial charge is 0.121 e. The lowest BCUT2D eigenvalue weighted by Crippen LogP contribution is -2.16. The molecule has 0 aliphatic carbocycles. The quantitative estimate of drug-likeness (QED) is 0.836. The number of benzene rings is 1. The summed E-state index contributed by atoms with van der Waals surface area (Å²) < 4.78 is 5.81. The first-order chi connectivity index (χ1) is 8.83. The predicted octanol–water partition coefficient (Wildman–Crippen LogP) is 3.74. The summed E-state index contributed by atoms with van der Waals surface area (Å²) in [5, 5.41) is 3.33. The summed E-state index contributed by atoms with van der Waals surface area (Å²) in [6.45, 7) is 2.11. The molecule has 0 aliphatic rings. The molecular formula is C16H21NO. The highest BCUT2D eigenvalue weighted by Gasteiger charge is 2.13. The third-order valence-corrected chi connectivity index (χ3v) is 3.29. The van der Waals surface area contributed by atoms with E-state index < -0.39 is 0 Å². The molecule has 0 fully saturated rings. The van der Waals surface area contributed by atoms with Crippen LogP contribution in [0.3, 0.4) is 0 Å². The molecule has 1 atom stereocenters. The Labute approximate surface area is 109 Å². The van der Waals surface area contributed by atoms with Crippen LogP contribution in [0.5, 0.6) is 0 Å². The molecule has 0 saturated heterocycles. The van der Waals surface area contributed by atoms with Crippen molar-refractivity contribution >= 4 is 0 Å². The van der Waals surface area contributed by atoms with Gasteiger partial charge in [-0.05, 0) is 37.6 Å². The van der Waals surface area contributed by atoms with E-state index in [1.165, 1.54) is 5.56 Å². The van der Waals surface area contributed by atoms with Gasteiger partial charge in [0.25, 0.3) is 0 Å². The second-order valence-electron chi connectivity index (χ2n) is 4.52. The number of rotatable bonds is 6. The molecule has 2 aromatic rings. The van der Waals surface area contributed by atoms with Crippen LogP contribution in [0.15, 0.2) is 46.9 Å². The fourth-order valence-electron chi connectivity index (χ4n) is 2.16. The van der Waals surface area contributed by atoms with Gasteiger partial charge < -0.3 is 9.73 Å². The molecule has 96 valence electrons. The molecule has 2 nitrogen and oxygen atoms in total. The van der Waals surface area contributed by atoms with Crippen molar-refractivity contribution in [3.05, 3.63) is 59.5 Å². The Bertz CT molecular complexity index is 461. The minimum atomic E-state index is 0.297. The molecular weight excluding hydrogens is 222 g/mol. The summed E-state index contributed by atoms with van der Waals surface area (Å²) in [6.07, 6.45) is 3.07. The average molecular weight is 243 g/mol. The van der Waals surface area contributed by atoms with E-state index in [1.54, 1.807) is 0 Å². The van der Waals surface area contributed by atoms with E-state index in [1.807, 2.05) is 7.05 Å². The van der Waals surface area contributed by atoms with Crippen LogP contribution in [-0.2, 0) is 12.8 Å². The van der Waals surface area contributed by atoms with Gasteiger partial charge in [0.05, 0.1) is 6.04 Å². The van der Waals surface area contributed by atoms with Gasteiger partial charge in [0.15, 0.2) is 0 Å². The van der Waals surface area contributed by atoms with E-state index >= 15 is 0 Å². The molecule has 0 radical (unpaired) electrons. The van der Waals surface area contributed by atoms with Crippen molar-refractivity contribution in [1.29, 1.82) is 0 Å². The topological polar surface area (TPSA) is 25.2 Å². The van der Waals surface area contributed by atoms with Gasteiger partial charge in [0, 0.05) is 6.42 Å². The highest BCUT2D eigenvalue weighted by atomic mass is 16.3. The average Bonchev–Trinajstić information content (AvgIpc) is 2.89. The SMILES string of the molecule is CCc1ccc(C(CCc2ccccc2)NC)o1. The number of furan rings is 1. The van der Waals surface area contributed by atoms with E-state index in [-0.39, 0.29) is 0 Å². The third-order valence-electron chi connectivity index (χ3n) is 3.29. The van der Waals surface area contributed by atoms with Crippen LogP contribution in [0.1, 0.15) is 36.5 Å². The Morgan fingerprint density at radius 1 is 1.11 bits per heavy atom. The van der Waals surface area contributed by atoms with E-state index in [0.29, 0.717) is 6.04 Å². The highest BCUT2D eigenvalue weighted by Crippen LogP contribution is 2.21. The number of aryl methyl sites for hydroxylation is 2. The van der Waals surface area contributed by atoms with Gasteiger partial charge in [-0.25, -0.2) is 0 Å². The summed E-state index contributed by atoms with van der Waals surface area (Å²) >= 11 is 0. The molecule has 1 heterocycles. The van der Waals surface area contributed by atoms with Crippen LogP contribution in [0.25, 0.3) is 0 Å². The van der Waals surface area contributed by atoms with E-state index in [2.05, 4.69) is 54.7 Å². The lowest BCUT2D eigenvalue weighted by atomic mass is 10.0. The molecule has 1 N–H and O–H groups in total. The van der Waals surface area contributed by atoms with Crippen LogP contribution in [0.2, 0.25) is 0 Å². The monoisotopic (exact) mass is 243 g/mol. The summed E-state index contributed by atoms with van der Waals surface area (Å²) in [4.78, 5) is 0. The fraction of sp³-hybridized carbons (Fsp3) is 0.375. The Hall–Kier alpha value is -1.54. The van der Waals surface area contributed by atoms with Crippen molar-refractivity contribution < 1.29 is 4.42 Å². The van der Waals surface area contributed by atoms with Gasteiger partial charge in [0.1, 0.15) is 11.5 Å². The lowest BCUT2D eigenvalue weighted by Gasteiger charge is -2.13. The van der Waals surface area contributed by atoms with Crippen molar-refractivity contribution in [2.24, 2.45) is 0 Å². The second kappa shape index (κ2) is 6.41. The maximum atomic E-state index is 5.81. The molecule has 0 amide bonds. The lowest BCUT2D eigenvalue weighted by molar-refractivity contribution is 0.395. The Balaban J connectivity index is 1.97. The first kappa shape index (κ1) is 12.9. The fourth-order valence-corrected chi connectivity index (χ4v) is 2.16. The number of hydrogen-bond acceptors (Lipinski definition) is 2. The van der Waals surface area contributed by atoms with Crippen LogP contribution >= 0.6 is 0 Å². The van der Waals surface area contributed by atoms with Gasteiger partial charge in [-0.15, -0.1) is 0 Å². The van der Waals surface area contributed by atoms with Gasteiger partial charge in [-0.3, -0.25) is 0 Å². The zero-order chi connectivity index (χ0) is 12.8. The minimum Gasteiger partial charge on any atom is -0.464 e. The zero-order valence-electron chi connectivity index (χ0n) is 11.1. The summed E-state index contributed by atoms with van der Waals surface area (Å²) in [6, 6.07) is 15.0. The maximum Gasteiger partial charge on any atom is 0.121 e. The normalized spacial score (nSPS) is 12.6. The van der Waals surface area contributed by atoms with Crippen molar-refractivity contribution in [3.63, 3.8) is 0 Å². The third kappa shape index (κ3) is 3.23. The van der Waals surface area contributed by atoms with Gasteiger partial charge in [0.2, 0.25) is 0 Å². The Morgan fingerprint density at radius 2 is 1.89 bits per heavy atom. The van der Waals surface area contributed by atoms with Crippen LogP contribution < -0.4 is 5.32 Å². The van der Waals surface area contributed by atoms with Crippen LogP contribution in [-0.4, -0.2) is 7.05 Å². The molecule has 0 spiro atoms. The van der Waals surface area contributed by atoms with Crippen molar-refractivity contribution in [2.45, 2.75) is 32.2 Å². The Kier molecular flexibility index (Phi) is 4.59. The summed E-state index contributed by atoms with van der Waals surface area (Å²) in [5.41, 5.74) is 1.38. The van der Waals surface area contributed by atoms with E-state index in [4.69, 9.17) is 4.42 Å². The standard InChI is InChI=1S/C16H21NO/c1-3-14-10-12-16(18-14)15(17-2)11-9-13-7-5-4-6-8-13/h4-8,10,12,15,17H,3,9,11H2,1-2H3.